The fourth-order valence-electron chi connectivity index (χ4n) is 2.85. The van der Waals surface area contributed by atoms with Crippen LogP contribution in [-0.2, 0) is 6.54 Å². The molecule has 1 N–H and O–H groups in total. The van der Waals surface area contributed by atoms with Gasteiger partial charge in [-0.05, 0) is 57.9 Å². The standard InChI is InChI=1S/C23H18BrN3O2/c1-27(15-17-12-10-16(14-25)11-13-17)23(29)19-7-3-5-9-21(19)26-22(28)18-6-2-4-8-20(18)24/h2-13H,15H2,1H3,(H,26,28). The average molecular weight is 448 g/mol. The highest BCUT2D eigenvalue weighted by molar-refractivity contribution is 9.10. The van der Waals surface area contributed by atoms with Crippen molar-refractivity contribution in [3.63, 3.8) is 0 Å². The van der Waals surface area contributed by atoms with Gasteiger partial charge < -0.3 is 10.2 Å². The van der Waals surface area contributed by atoms with Crippen molar-refractivity contribution in [2.75, 3.05) is 12.4 Å². The van der Waals surface area contributed by atoms with E-state index < -0.39 is 0 Å². The molecule has 0 heterocycles. The van der Waals surface area contributed by atoms with E-state index in [-0.39, 0.29) is 11.8 Å². The van der Waals surface area contributed by atoms with E-state index in [1.807, 2.05) is 18.2 Å². The summed E-state index contributed by atoms with van der Waals surface area (Å²) in [7, 11) is 1.70. The van der Waals surface area contributed by atoms with Gasteiger partial charge in [0.25, 0.3) is 11.8 Å². The lowest BCUT2D eigenvalue weighted by molar-refractivity contribution is 0.0786. The van der Waals surface area contributed by atoms with E-state index in [1.165, 1.54) is 0 Å². The van der Waals surface area contributed by atoms with Gasteiger partial charge in [-0.25, -0.2) is 0 Å². The first-order valence-corrected chi connectivity index (χ1v) is 9.68. The summed E-state index contributed by atoms with van der Waals surface area (Å²) >= 11 is 3.37. The normalized spacial score (nSPS) is 10.1. The summed E-state index contributed by atoms with van der Waals surface area (Å²) in [6.45, 7) is 0.386. The third kappa shape index (κ3) is 4.89. The van der Waals surface area contributed by atoms with Crippen molar-refractivity contribution in [1.82, 2.24) is 4.90 Å². The maximum Gasteiger partial charge on any atom is 0.256 e. The van der Waals surface area contributed by atoms with Crippen molar-refractivity contribution < 1.29 is 9.59 Å². The molecular weight excluding hydrogens is 430 g/mol. The number of amides is 2. The number of nitriles is 1. The predicted molar refractivity (Wildman–Crippen MR) is 115 cm³/mol. The van der Waals surface area contributed by atoms with Crippen LogP contribution in [0.4, 0.5) is 5.69 Å². The van der Waals surface area contributed by atoms with Gasteiger partial charge in [-0.2, -0.15) is 5.26 Å². The molecule has 0 aromatic heterocycles. The second kappa shape index (κ2) is 9.18. The minimum Gasteiger partial charge on any atom is -0.337 e. The van der Waals surface area contributed by atoms with E-state index in [9.17, 15) is 9.59 Å². The fraction of sp³-hybridized carbons (Fsp3) is 0.0870. The number of carbonyl (C=O) groups excluding carboxylic acids is 2. The van der Waals surface area contributed by atoms with Gasteiger partial charge in [-0.1, -0.05) is 36.4 Å². The van der Waals surface area contributed by atoms with E-state index in [0.717, 1.165) is 5.56 Å². The first kappa shape index (κ1) is 20.3. The van der Waals surface area contributed by atoms with Gasteiger partial charge in [0.1, 0.15) is 0 Å². The molecule has 29 heavy (non-hydrogen) atoms. The number of hydrogen-bond donors (Lipinski definition) is 1. The lowest BCUT2D eigenvalue weighted by Crippen LogP contribution is -2.27. The smallest absolute Gasteiger partial charge is 0.256 e. The summed E-state index contributed by atoms with van der Waals surface area (Å²) in [5.41, 5.74) is 2.83. The Morgan fingerprint density at radius 2 is 1.59 bits per heavy atom. The molecule has 0 spiro atoms. The Labute approximate surface area is 177 Å². The van der Waals surface area contributed by atoms with Crippen LogP contribution in [0.3, 0.4) is 0 Å². The lowest BCUT2D eigenvalue weighted by Gasteiger charge is -2.19. The van der Waals surface area contributed by atoms with Crippen molar-refractivity contribution in [3.8, 4) is 6.07 Å². The molecule has 0 aliphatic rings. The number of anilines is 1. The molecule has 0 saturated heterocycles. The van der Waals surface area contributed by atoms with Crippen LogP contribution in [0.25, 0.3) is 0 Å². The number of nitrogens with zero attached hydrogens (tertiary/aromatic N) is 2. The van der Waals surface area contributed by atoms with Crippen LogP contribution in [0.1, 0.15) is 31.8 Å². The molecular formula is C23H18BrN3O2. The molecule has 0 aliphatic carbocycles. The monoisotopic (exact) mass is 447 g/mol. The van der Waals surface area contributed by atoms with Crippen molar-refractivity contribution in [2.45, 2.75) is 6.54 Å². The third-order valence-corrected chi connectivity index (χ3v) is 5.07. The number of nitrogens with one attached hydrogen (secondary N) is 1. The van der Waals surface area contributed by atoms with E-state index in [1.54, 1.807) is 66.5 Å². The van der Waals surface area contributed by atoms with Crippen molar-refractivity contribution in [3.05, 3.63) is 99.5 Å². The highest BCUT2D eigenvalue weighted by Crippen LogP contribution is 2.21. The minimum absolute atomic E-state index is 0.211. The van der Waals surface area contributed by atoms with Crippen molar-refractivity contribution >= 4 is 33.4 Å². The van der Waals surface area contributed by atoms with Gasteiger partial charge in [-0.15, -0.1) is 0 Å². The van der Waals surface area contributed by atoms with Crippen LogP contribution in [0, 0.1) is 11.3 Å². The van der Waals surface area contributed by atoms with Crippen LogP contribution >= 0.6 is 15.9 Å². The molecule has 0 unspecified atom stereocenters. The second-order valence-electron chi connectivity index (χ2n) is 6.45. The Morgan fingerprint density at radius 1 is 0.966 bits per heavy atom. The van der Waals surface area contributed by atoms with Crippen LogP contribution in [0.5, 0.6) is 0 Å². The average Bonchev–Trinajstić information content (AvgIpc) is 2.74. The van der Waals surface area contributed by atoms with Crippen molar-refractivity contribution in [2.24, 2.45) is 0 Å². The number of halogens is 1. The molecule has 5 nitrogen and oxygen atoms in total. The third-order valence-electron chi connectivity index (χ3n) is 4.37. The SMILES string of the molecule is CN(Cc1ccc(C#N)cc1)C(=O)c1ccccc1NC(=O)c1ccccc1Br. The molecule has 0 bridgehead atoms. The molecule has 3 aromatic carbocycles. The highest BCUT2D eigenvalue weighted by Gasteiger charge is 2.18. The zero-order valence-corrected chi connectivity index (χ0v) is 17.3. The number of carbonyl (C=O) groups is 2. The Kier molecular flexibility index (Phi) is 6.43. The van der Waals surface area contributed by atoms with Crippen LogP contribution < -0.4 is 5.32 Å². The summed E-state index contributed by atoms with van der Waals surface area (Å²) in [6.07, 6.45) is 0. The van der Waals surface area contributed by atoms with Crippen LogP contribution in [-0.4, -0.2) is 23.8 Å². The van der Waals surface area contributed by atoms with E-state index >= 15 is 0 Å². The van der Waals surface area contributed by atoms with Gasteiger partial charge in [0.2, 0.25) is 0 Å². The minimum atomic E-state index is -0.299. The van der Waals surface area contributed by atoms with E-state index in [0.29, 0.717) is 33.4 Å². The van der Waals surface area contributed by atoms with E-state index in [2.05, 4.69) is 27.3 Å². The molecule has 0 aliphatic heterocycles. The molecule has 0 saturated carbocycles. The van der Waals surface area contributed by atoms with Crippen LogP contribution in [0.2, 0.25) is 0 Å². The molecule has 3 aromatic rings. The molecule has 0 atom stereocenters. The Balaban J connectivity index is 1.78. The Hall–Kier alpha value is -3.43. The molecule has 144 valence electrons. The van der Waals surface area contributed by atoms with Gasteiger partial charge in [-0.3, -0.25) is 9.59 Å². The van der Waals surface area contributed by atoms with Gasteiger partial charge in [0, 0.05) is 18.1 Å². The molecule has 3 rings (SSSR count). The number of para-hydroxylation sites is 1. The lowest BCUT2D eigenvalue weighted by atomic mass is 10.1. The summed E-state index contributed by atoms with van der Waals surface area (Å²) in [5.74, 6) is -0.509. The Morgan fingerprint density at radius 3 is 2.24 bits per heavy atom. The van der Waals surface area contributed by atoms with E-state index in [4.69, 9.17) is 5.26 Å². The largest absolute Gasteiger partial charge is 0.337 e. The quantitative estimate of drug-likeness (QED) is 0.607. The van der Waals surface area contributed by atoms with Gasteiger partial charge in [0.05, 0.1) is 28.4 Å². The van der Waals surface area contributed by atoms with Crippen molar-refractivity contribution in [1.29, 1.82) is 5.26 Å². The maximum atomic E-state index is 13.0. The topological polar surface area (TPSA) is 73.2 Å². The van der Waals surface area contributed by atoms with Gasteiger partial charge in [0.15, 0.2) is 0 Å². The zero-order chi connectivity index (χ0) is 20.8. The summed E-state index contributed by atoms with van der Waals surface area (Å²) in [5, 5.41) is 11.7. The van der Waals surface area contributed by atoms with Crippen LogP contribution in [0.15, 0.2) is 77.3 Å². The molecule has 0 radical (unpaired) electrons. The Bertz CT molecular complexity index is 1090. The molecule has 2 amide bonds. The molecule has 0 fully saturated rings. The fourth-order valence-corrected chi connectivity index (χ4v) is 3.31. The summed E-state index contributed by atoms with van der Waals surface area (Å²) in [6, 6.07) is 23.2. The maximum absolute atomic E-state index is 13.0. The number of rotatable bonds is 5. The highest BCUT2D eigenvalue weighted by atomic mass is 79.9. The first-order chi connectivity index (χ1) is 14.0. The zero-order valence-electron chi connectivity index (χ0n) is 15.7. The molecule has 6 heteroatoms. The number of hydrogen-bond acceptors (Lipinski definition) is 3. The predicted octanol–water partition coefficient (Wildman–Crippen LogP) is 4.85. The second-order valence-corrected chi connectivity index (χ2v) is 7.30. The van der Waals surface area contributed by atoms with Gasteiger partial charge >= 0.3 is 0 Å². The summed E-state index contributed by atoms with van der Waals surface area (Å²) in [4.78, 5) is 27.2. The summed E-state index contributed by atoms with van der Waals surface area (Å²) < 4.78 is 0.680. The first-order valence-electron chi connectivity index (χ1n) is 8.89. The number of benzene rings is 3.